The number of allylic oxidation sites excluding steroid dienone is 5. The standard InChI is InChI=1S/C22H36O2Si/c1-8-20-16-15-19(14-13-18-12-10-9-11-17(18)2)21(23-20)24-25(6,7)22(3,4)5/h8-10,20H,1,11-16H2,2-7H3/t20-/m0/s1. The van der Waals surface area contributed by atoms with Gasteiger partial charge in [0, 0.05) is 5.57 Å². The molecule has 1 atom stereocenters. The molecule has 0 saturated carbocycles. The lowest BCUT2D eigenvalue weighted by Crippen LogP contribution is -2.41. The topological polar surface area (TPSA) is 18.5 Å². The van der Waals surface area contributed by atoms with Crippen LogP contribution in [0.1, 0.15) is 66.2 Å². The van der Waals surface area contributed by atoms with Crippen LogP contribution in [0.2, 0.25) is 18.1 Å². The van der Waals surface area contributed by atoms with Crippen molar-refractivity contribution in [1.29, 1.82) is 0 Å². The average Bonchev–Trinajstić information content (AvgIpc) is 2.53. The Morgan fingerprint density at radius 2 is 1.84 bits per heavy atom. The van der Waals surface area contributed by atoms with Gasteiger partial charge in [-0.25, -0.2) is 0 Å². The SMILES string of the molecule is C=C[C@H]1CCC(CCC2=C(C)CC=CC2)=C(O[Si](C)(C)C(C)(C)C)O1. The summed E-state index contributed by atoms with van der Waals surface area (Å²) in [6.07, 6.45) is 13.0. The summed E-state index contributed by atoms with van der Waals surface area (Å²) in [5, 5.41) is 0.170. The molecule has 0 amide bonds. The summed E-state index contributed by atoms with van der Waals surface area (Å²) in [4.78, 5) is 0. The molecule has 140 valence electrons. The molecular weight excluding hydrogens is 324 g/mol. The molecular formula is C22H36O2Si. The largest absolute Gasteiger partial charge is 0.519 e. The minimum atomic E-state index is -1.90. The van der Waals surface area contributed by atoms with E-state index in [0.717, 1.165) is 44.5 Å². The van der Waals surface area contributed by atoms with E-state index in [1.165, 1.54) is 11.1 Å². The Morgan fingerprint density at radius 3 is 2.44 bits per heavy atom. The second kappa shape index (κ2) is 7.99. The fourth-order valence-corrected chi connectivity index (χ4v) is 3.96. The van der Waals surface area contributed by atoms with Crippen molar-refractivity contribution in [3.63, 3.8) is 0 Å². The summed E-state index contributed by atoms with van der Waals surface area (Å²) in [7, 11) is -1.90. The number of hydrogen-bond donors (Lipinski definition) is 0. The molecule has 0 radical (unpaired) electrons. The van der Waals surface area contributed by atoms with E-state index < -0.39 is 8.32 Å². The summed E-state index contributed by atoms with van der Waals surface area (Å²) in [5.74, 6) is 0.812. The molecule has 0 aromatic carbocycles. The van der Waals surface area contributed by atoms with E-state index in [0.29, 0.717) is 0 Å². The third kappa shape index (κ3) is 5.13. The van der Waals surface area contributed by atoms with E-state index in [2.05, 4.69) is 59.5 Å². The van der Waals surface area contributed by atoms with Gasteiger partial charge in [-0.2, -0.15) is 0 Å². The Morgan fingerprint density at radius 1 is 1.20 bits per heavy atom. The monoisotopic (exact) mass is 360 g/mol. The van der Waals surface area contributed by atoms with Crippen LogP contribution in [-0.4, -0.2) is 14.4 Å². The zero-order chi connectivity index (χ0) is 18.7. The van der Waals surface area contributed by atoms with Crippen LogP contribution in [0.25, 0.3) is 0 Å². The van der Waals surface area contributed by atoms with Crippen LogP contribution < -0.4 is 0 Å². The van der Waals surface area contributed by atoms with Crippen LogP contribution in [-0.2, 0) is 9.16 Å². The maximum atomic E-state index is 6.57. The molecule has 2 nitrogen and oxygen atoms in total. The fourth-order valence-electron chi connectivity index (χ4n) is 2.99. The zero-order valence-electron chi connectivity index (χ0n) is 17.1. The molecule has 0 fully saturated rings. The van der Waals surface area contributed by atoms with E-state index in [1.807, 2.05) is 6.08 Å². The first-order valence-corrected chi connectivity index (χ1v) is 12.6. The summed E-state index contributed by atoms with van der Waals surface area (Å²) in [5.41, 5.74) is 4.49. The van der Waals surface area contributed by atoms with Gasteiger partial charge >= 0.3 is 0 Å². The van der Waals surface area contributed by atoms with E-state index >= 15 is 0 Å². The molecule has 0 bridgehead atoms. The molecule has 0 spiro atoms. The number of ether oxygens (including phenoxy) is 1. The molecule has 2 aliphatic rings. The van der Waals surface area contributed by atoms with E-state index in [9.17, 15) is 0 Å². The van der Waals surface area contributed by atoms with E-state index in [4.69, 9.17) is 9.16 Å². The molecule has 1 heterocycles. The lowest BCUT2D eigenvalue weighted by molar-refractivity contribution is 0.0388. The summed E-state index contributed by atoms with van der Waals surface area (Å²) in [6, 6.07) is 0. The van der Waals surface area contributed by atoms with Crippen molar-refractivity contribution in [1.82, 2.24) is 0 Å². The lowest BCUT2D eigenvalue weighted by atomic mass is 9.91. The Bertz CT molecular complexity index is 588. The van der Waals surface area contributed by atoms with Crippen LogP contribution in [0.4, 0.5) is 0 Å². The van der Waals surface area contributed by atoms with Gasteiger partial charge in [0.1, 0.15) is 6.10 Å². The minimum Gasteiger partial charge on any atom is -0.519 e. The summed E-state index contributed by atoms with van der Waals surface area (Å²) >= 11 is 0. The van der Waals surface area contributed by atoms with E-state index in [-0.39, 0.29) is 11.1 Å². The van der Waals surface area contributed by atoms with Crippen LogP contribution in [0.5, 0.6) is 0 Å². The van der Waals surface area contributed by atoms with Crippen molar-refractivity contribution in [2.45, 2.75) is 90.5 Å². The van der Waals surface area contributed by atoms with Crippen molar-refractivity contribution in [3.8, 4) is 0 Å². The molecule has 1 aliphatic carbocycles. The van der Waals surface area contributed by atoms with E-state index in [1.54, 1.807) is 5.57 Å². The first kappa shape index (κ1) is 20.1. The molecule has 0 saturated heterocycles. The molecule has 0 aromatic rings. The number of hydrogen-bond acceptors (Lipinski definition) is 2. The fraction of sp³-hybridized carbons (Fsp3) is 0.636. The van der Waals surface area contributed by atoms with Crippen molar-refractivity contribution >= 4 is 8.32 Å². The van der Waals surface area contributed by atoms with Crippen LogP contribution in [0.3, 0.4) is 0 Å². The smallest absolute Gasteiger partial charge is 0.265 e. The second-order valence-corrected chi connectivity index (χ2v) is 13.7. The first-order valence-electron chi connectivity index (χ1n) is 9.67. The Hall–Kier alpha value is -1.22. The van der Waals surface area contributed by atoms with Crippen molar-refractivity contribution in [2.75, 3.05) is 0 Å². The van der Waals surface area contributed by atoms with Gasteiger partial charge in [0.15, 0.2) is 0 Å². The minimum absolute atomic E-state index is 0.0853. The molecule has 0 unspecified atom stereocenters. The lowest BCUT2D eigenvalue weighted by Gasteiger charge is -2.39. The second-order valence-electron chi connectivity index (χ2n) is 8.95. The molecule has 2 rings (SSSR count). The predicted molar refractivity (Wildman–Crippen MR) is 110 cm³/mol. The predicted octanol–water partition coefficient (Wildman–Crippen LogP) is 7.03. The molecule has 3 heteroatoms. The van der Waals surface area contributed by atoms with Gasteiger partial charge in [-0.1, -0.05) is 56.7 Å². The Kier molecular flexibility index (Phi) is 6.42. The van der Waals surface area contributed by atoms with Crippen LogP contribution in [0.15, 0.2) is 47.5 Å². The van der Waals surface area contributed by atoms with Gasteiger partial charge in [0.05, 0.1) is 0 Å². The van der Waals surface area contributed by atoms with Gasteiger partial charge in [0.25, 0.3) is 14.3 Å². The average molecular weight is 361 g/mol. The Labute approximate surface area is 155 Å². The van der Waals surface area contributed by atoms with Crippen molar-refractivity contribution in [3.05, 3.63) is 47.5 Å². The first-order chi connectivity index (χ1) is 11.6. The molecule has 0 aromatic heterocycles. The third-order valence-corrected chi connectivity index (χ3v) is 10.3. The maximum absolute atomic E-state index is 6.57. The highest BCUT2D eigenvalue weighted by Crippen LogP contribution is 2.41. The molecule has 0 N–H and O–H groups in total. The third-order valence-electron chi connectivity index (χ3n) is 5.98. The Balaban J connectivity index is 2.17. The highest BCUT2D eigenvalue weighted by atomic mass is 28.4. The number of rotatable bonds is 6. The van der Waals surface area contributed by atoms with Gasteiger partial charge in [-0.05, 0) is 63.6 Å². The van der Waals surface area contributed by atoms with Gasteiger partial charge in [-0.15, -0.1) is 0 Å². The zero-order valence-corrected chi connectivity index (χ0v) is 18.1. The summed E-state index contributed by atoms with van der Waals surface area (Å²) < 4.78 is 12.8. The highest BCUT2D eigenvalue weighted by molar-refractivity contribution is 6.74. The van der Waals surface area contributed by atoms with Gasteiger partial charge < -0.3 is 9.16 Å². The molecule has 25 heavy (non-hydrogen) atoms. The van der Waals surface area contributed by atoms with Crippen LogP contribution in [0, 0.1) is 0 Å². The normalized spacial score (nSPS) is 22.1. The summed E-state index contributed by atoms with van der Waals surface area (Å²) in [6.45, 7) is 17.6. The quantitative estimate of drug-likeness (QED) is 0.374. The van der Waals surface area contributed by atoms with Gasteiger partial charge in [0.2, 0.25) is 0 Å². The highest BCUT2D eigenvalue weighted by Gasteiger charge is 2.41. The van der Waals surface area contributed by atoms with Crippen molar-refractivity contribution < 1.29 is 9.16 Å². The molecule has 1 aliphatic heterocycles. The maximum Gasteiger partial charge on any atom is 0.265 e. The van der Waals surface area contributed by atoms with Crippen molar-refractivity contribution in [2.24, 2.45) is 0 Å². The van der Waals surface area contributed by atoms with Gasteiger partial charge in [-0.3, -0.25) is 0 Å². The van der Waals surface area contributed by atoms with Crippen LogP contribution >= 0.6 is 0 Å².